The van der Waals surface area contributed by atoms with Crippen molar-refractivity contribution in [2.45, 2.75) is 6.92 Å². The predicted octanol–water partition coefficient (Wildman–Crippen LogP) is 0.665. The van der Waals surface area contributed by atoms with Crippen molar-refractivity contribution in [1.29, 1.82) is 0 Å². The van der Waals surface area contributed by atoms with Crippen molar-refractivity contribution in [3.8, 4) is 12.3 Å². The summed E-state index contributed by atoms with van der Waals surface area (Å²) in [6.07, 6.45) is 6.62. The summed E-state index contributed by atoms with van der Waals surface area (Å²) in [4.78, 5) is 13.3. The van der Waals surface area contributed by atoms with Crippen LogP contribution in [0.5, 0.6) is 0 Å². The molecule has 50 valence electrons. The lowest BCUT2D eigenvalue weighted by atomic mass is 10.2. The second-order valence-corrected chi connectivity index (χ2v) is 2.04. The normalized spacial score (nSPS) is 8.80. The van der Waals surface area contributed by atoms with Gasteiger partial charge < -0.3 is 4.98 Å². The third-order valence-electron chi connectivity index (χ3n) is 1.26. The molecule has 0 saturated heterocycles. The van der Waals surface area contributed by atoms with Crippen LogP contribution in [-0.4, -0.2) is 4.98 Å². The summed E-state index contributed by atoms with van der Waals surface area (Å²) in [6, 6.07) is 1.68. The van der Waals surface area contributed by atoms with Crippen LogP contribution in [0.4, 0.5) is 0 Å². The van der Waals surface area contributed by atoms with Crippen LogP contribution < -0.4 is 5.56 Å². The molecule has 1 aromatic heterocycles. The van der Waals surface area contributed by atoms with Gasteiger partial charge >= 0.3 is 0 Å². The summed E-state index contributed by atoms with van der Waals surface area (Å²) < 4.78 is 0. The number of H-pyrrole nitrogens is 1. The number of rotatable bonds is 0. The Bertz CT molecular complexity index is 330. The van der Waals surface area contributed by atoms with E-state index in [2.05, 4.69) is 10.9 Å². The molecule has 0 spiro atoms. The van der Waals surface area contributed by atoms with Gasteiger partial charge in [0.2, 0.25) is 0 Å². The molecule has 1 rings (SSSR count). The van der Waals surface area contributed by atoms with Crippen LogP contribution >= 0.6 is 0 Å². The van der Waals surface area contributed by atoms with Gasteiger partial charge in [0.1, 0.15) is 0 Å². The molecule has 0 atom stereocenters. The summed E-state index contributed by atoms with van der Waals surface area (Å²) in [5, 5.41) is 0. The Morgan fingerprint density at radius 1 is 1.70 bits per heavy atom. The fourth-order valence-electron chi connectivity index (χ4n) is 0.681. The molecule has 0 radical (unpaired) electrons. The fourth-order valence-corrected chi connectivity index (χ4v) is 0.681. The first-order chi connectivity index (χ1) is 4.74. The van der Waals surface area contributed by atoms with E-state index in [4.69, 9.17) is 6.42 Å². The van der Waals surface area contributed by atoms with Gasteiger partial charge in [0, 0.05) is 17.3 Å². The van der Waals surface area contributed by atoms with E-state index >= 15 is 0 Å². The molecule has 0 aromatic carbocycles. The lowest BCUT2D eigenvalue weighted by molar-refractivity contribution is 1.17. The molecule has 0 aliphatic carbocycles. The van der Waals surface area contributed by atoms with Gasteiger partial charge in [-0.1, -0.05) is 5.92 Å². The number of aryl methyl sites for hydroxylation is 1. The number of terminal acetylenes is 1. The largest absolute Gasteiger partial charge is 0.328 e. The number of aromatic nitrogens is 1. The van der Waals surface area contributed by atoms with E-state index in [0.717, 1.165) is 0 Å². The highest BCUT2D eigenvalue weighted by Gasteiger charge is 1.91. The van der Waals surface area contributed by atoms with E-state index in [-0.39, 0.29) is 5.56 Å². The Morgan fingerprint density at radius 2 is 2.40 bits per heavy atom. The highest BCUT2D eigenvalue weighted by atomic mass is 16.1. The predicted molar refractivity (Wildman–Crippen MR) is 39.7 cm³/mol. The second-order valence-electron chi connectivity index (χ2n) is 2.04. The summed E-state index contributed by atoms with van der Waals surface area (Å²) in [5.41, 5.74) is 1.27. The van der Waals surface area contributed by atoms with Crippen LogP contribution in [0.2, 0.25) is 0 Å². The topological polar surface area (TPSA) is 32.9 Å². The van der Waals surface area contributed by atoms with Gasteiger partial charge in [0.25, 0.3) is 5.56 Å². The Morgan fingerprint density at radius 3 is 2.90 bits per heavy atom. The van der Waals surface area contributed by atoms with E-state index < -0.39 is 0 Å². The second kappa shape index (κ2) is 2.40. The van der Waals surface area contributed by atoms with Crippen molar-refractivity contribution in [3.63, 3.8) is 0 Å². The van der Waals surface area contributed by atoms with E-state index in [1.54, 1.807) is 13.0 Å². The molecule has 10 heavy (non-hydrogen) atoms. The van der Waals surface area contributed by atoms with Gasteiger partial charge in [0.15, 0.2) is 0 Å². The zero-order valence-electron chi connectivity index (χ0n) is 5.64. The summed E-state index contributed by atoms with van der Waals surface area (Å²) in [7, 11) is 0. The number of aromatic amines is 1. The van der Waals surface area contributed by atoms with Gasteiger partial charge in [-0.15, -0.1) is 6.42 Å². The minimum atomic E-state index is -0.0843. The molecule has 0 aliphatic heterocycles. The number of hydrogen-bond donors (Lipinski definition) is 1. The van der Waals surface area contributed by atoms with Gasteiger partial charge in [-0.25, -0.2) is 0 Å². The minimum Gasteiger partial charge on any atom is -0.328 e. The number of hydrogen-bond acceptors (Lipinski definition) is 1. The molecule has 0 bridgehead atoms. The maximum absolute atomic E-state index is 10.8. The monoisotopic (exact) mass is 133 g/mol. The maximum atomic E-state index is 10.8. The first kappa shape index (κ1) is 6.63. The lowest BCUT2D eigenvalue weighted by Gasteiger charge is -1.90. The molecule has 2 heteroatoms. The minimum absolute atomic E-state index is 0.0843. The van der Waals surface area contributed by atoms with Crippen molar-refractivity contribution in [2.75, 3.05) is 0 Å². The lowest BCUT2D eigenvalue weighted by Crippen LogP contribution is -2.07. The van der Waals surface area contributed by atoms with Crippen LogP contribution in [0.15, 0.2) is 17.1 Å². The molecule has 1 aromatic rings. The molecule has 2 nitrogen and oxygen atoms in total. The highest BCUT2D eigenvalue weighted by Crippen LogP contribution is 1.92. The fraction of sp³-hybridized carbons (Fsp3) is 0.125. The summed E-state index contributed by atoms with van der Waals surface area (Å²) in [5.74, 6) is 2.42. The molecule has 1 heterocycles. The Hall–Kier alpha value is -1.49. The van der Waals surface area contributed by atoms with Gasteiger partial charge in [-0.2, -0.15) is 0 Å². The van der Waals surface area contributed by atoms with Crippen LogP contribution in [0, 0.1) is 19.3 Å². The van der Waals surface area contributed by atoms with Crippen LogP contribution in [-0.2, 0) is 0 Å². The third kappa shape index (κ3) is 1.08. The molecule has 1 N–H and O–H groups in total. The Kier molecular flexibility index (Phi) is 1.59. The van der Waals surface area contributed by atoms with Crippen LogP contribution in [0.25, 0.3) is 0 Å². The molecular formula is C8H7NO. The van der Waals surface area contributed by atoms with E-state index in [1.807, 2.05) is 0 Å². The van der Waals surface area contributed by atoms with E-state index in [1.165, 1.54) is 6.20 Å². The standard InChI is InChI=1S/C8H7NO/c1-3-7-4-6(2)8(10)9-5-7/h1,4-5H,2H3,(H,9,10). The van der Waals surface area contributed by atoms with E-state index in [9.17, 15) is 4.79 Å². The van der Waals surface area contributed by atoms with Gasteiger partial charge in [0.05, 0.1) is 0 Å². The molecule has 0 aliphatic rings. The molecule has 0 unspecified atom stereocenters. The van der Waals surface area contributed by atoms with Crippen molar-refractivity contribution in [2.24, 2.45) is 0 Å². The smallest absolute Gasteiger partial charge is 0.250 e. The average Bonchev–Trinajstić information content (AvgIpc) is 1.95. The summed E-state index contributed by atoms with van der Waals surface area (Å²) >= 11 is 0. The van der Waals surface area contributed by atoms with Crippen LogP contribution in [0.1, 0.15) is 11.1 Å². The average molecular weight is 133 g/mol. The van der Waals surface area contributed by atoms with Gasteiger partial charge in [-0.05, 0) is 13.0 Å². The van der Waals surface area contributed by atoms with E-state index in [0.29, 0.717) is 11.1 Å². The van der Waals surface area contributed by atoms with Crippen molar-refractivity contribution in [1.82, 2.24) is 4.98 Å². The maximum Gasteiger partial charge on any atom is 0.250 e. The number of pyridine rings is 1. The molecule has 0 amide bonds. The highest BCUT2D eigenvalue weighted by molar-refractivity contribution is 5.31. The van der Waals surface area contributed by atoms with Crippen LogP contribution in [0.3, 0.4) is 0 Å². The zero-order chi connectivity index (χ0) is 7.56. The zero-order valence-corrected chi connectivity index (χ0v) is 5.64. The third-order valence-corrected chi connectivity index (χ3v) is 1.26. The van der Waals surface area contributed by atoms with Crippen molar-refractivity contribution < 1.29 is 0 Å². The molecule has 0 saturated carbocycles. The van der Waals surface area contributed by atoms with Gasteiger partial charge in [-0.3, -0.25) is 4.79 Å². The Balaban J connectivity index is 3.34. The Labute approximate surface area is 58.9 Å². The number of nitrogens with one attached hydrogen (secondary N) is 1. The van der Waals surface area contributed by atoms with Crippen molar-refractivity contribution >= 4 is 0 Å². The summed E-state index contributed by atoms with van der Waals surface area (Å²) in [6.45, 7) is 1.72. The molecular weight excluding hydrogens is 126 g/mol. The van der Waals surface area contributed by atoms with Crippen molar-refractivity contribution in [3.05, 3.63) is 33.7 Å². The first-order valence-electron chi connectivity index (χ1n) is 2.90. The SMILES string of the molecule is C#Cc1c[nH]c(=O)c(C)c1. The quantitative estimate of drug-likeness (QED) is 0.518. The first-order valence-corrected chi connectivity index (χ1v) is 2.90. The molecule has 0 fully saturated rings.